The molecule has 3 nitrogen and oxygen atoms in total. The highest BCUT2D eigenvalue weighted by molar-refractivity contribution is 5.46. The van der Waals surface area contributed by atoms with Crippen LogP contribution in [0.3, 0.4) is 0 Å². The SMILES string of the molecule is COc1cc(C)cc(C)c1C(C)(O)CCNC(C)C. The van der Waals surface area contributed by atoms with Crippen LogP contribution in [-0.4, -0.2) is 24.8 Å². The van der Waals surface area contributed by atoms with Crippen LogP contribution in [0.4, 0.5) is 0 Å². The first-order valence-corrected chi connectivity index (χ1v) is 6.89. The van der Waals surface area contributed by atoms with Crippen molar-refractivity contribution >= 4 is 0 Å². The molecule has 0 aliphatic carbocycles. The van der Waals surface area contributed by atoms with Gasteiger partial charge in [-0.1, -0.05) is 19.9 Å². The van der Waals surface area contributed by atoms with E-state index in [-0.39, 0.29) is 0 Å². The molecule has 0 bridgehead atoms. The Morgan fingerprint density at radius 3 is 2.47 bits per heavy atom. The number of hydrogen-bond acceptors (Lipinski definition) is 3. The first kappa shape index (κ1) is 16.0. The Kier molecular flexibility index (Phi) is 5.39. The molecule has 3 heteroatoms. The number of benzene rings is 1. The zero-order valence-electron chi connectivity index (χ0n) is 13.0. The van der Waals surface area contributed by atoms with E-state index in [0.29, 0.717) is 12.5 Å². The van der Waals surface area contributed by atoms with Crippen LogP contribution in [0, 0.1) is 13.8 Å². The highest BCUT2D eigenvalue weighted by Crippen LogP contribution is 2.35. The minimum Gasteiger partial charge on any atom is -0.496 e. The van der Waals surface area contributed by atoms with Crippen molar-refractivity contribution in [2.75, 3.05) is 13.7 Å². The van der Waals surface area contributed by atoms with Gasteiger partial charge >= 0.3 is 0 Å². The van der Waals surface area contributed by atoms with E-state index < -0.39 is 5.60 Å². The molecule has 0 aromatic heterocycles. The fraction of sp³-hybridized carbons (Fsp3) is 0.625. The molecule has 0 amide bonds. The molecule has 1 aromatic rings. The van der Waals surface area contributed by atoms with E-state index in [2.05, 4.69) is 25.2 Å². The van der Waals surface area contributed by atoms with E-state index in [4.69, 9.17) is 4.74 Å². The third-order valence-electron chi connectivity index (χ3n) is 3.37. The number of nitrogens with one attached hydrogen (secondary N) is 1. The summed E-state index contributed by atoms with van der Waals surface area (Å²) in [6.45, 7) is 10.9. The lowest BCUT2D eigenvalue weighted by atomic mass is 9.87. The molecule has 0 fully saturated rings. The van der Waals surface area contributed by atoms with Crippen molar-refractivity contribution in [3.05, 3.63) is 28.8 Å². The van der Waals surface area contributed by atoms with Crippen LogP contribution in [0.1, 0.15) is 43.9 Å². The van der Waals surface area contributed by atoms with Crippen LogP contribution in [0.5, 0.6) is 5.75 Å². The third kappa shape index (κ3) is 4.22. The van der Waals surface area contributed by atoms with E-state index in [1.807, 2.05) is 26.8 Å². The van der Waals surface area contributed by atoms with Crippen LogP contribution in [-0.2, 0) is 5.60 Å². The average molecular weight is 265 g/mol. The summed E-state index contributed by atoms with van der Waals surface area (Å²) in [4.78, 5) is 0. The number of hydrogen-bond donors (Lipinski definition) is 2. The highest BCUT2D eigenvalue weighted by Gasteiger charge is 2.28. The first-order valence-electron chi connectivity index (χ1n) is 6.89. The first-order chi connectivity index (χ1) is 8.77. The molecule has 0 saturated heterocycles. The predicted molar refractivity (Wildman–Crippen MR) is 79.8 cm³/mol. The number of aliphatic hydroxyl groups is 1. The van der Waals surface area contributed by atoms with Crippen molar-refractivity contribution in [1.82, 2.24) is 5.32 Å². The van der Waals surface area contributed by atoms with Gasteiger partial charge in [-0.15, -0.1) is 0 Å². The fourth-order valence-corrected chi connectivity index (χ4v) is 2.51. The van der Waals surface area contributed by atoms with Gasteiger partial charge < -0.3 is 15.2 Å². The zero-order valence-corrected chi connectivity index (χ0v) is 13.0. The second-order valence-corrected chi connectivity index (χ2v) is 5.79. The van der Waals surface area contributed by atoms with Gasteiger partial charge in [-0.3, -0.25) is 0 Å². The quantitative estimate of drug-likeness (QED) is 0.831. The molecular weight excluding hydrogens is 238 g/mol. The summed E-state index contributed by atoms with van der Waals surface area (Å²) >= 11 is 0. The summed E-state index contributed by atoms with van der Waals surface area (Å²) in [7, 11) is 1.65. The van der Waals surface area contributed by atoms with Gasteiger partial charge in [0.05, 0.1) is 12.7 Å². The maximum absolute atomic E-state index is 10.8. The second kappa shape index (κ2) is 6.40. The van der Waals surface area contributed by atoms with Gasteiger partial charge in [0.15, 0.2) is 0 Å². The lowest BCUT2D eigenvalue weighted by Gasteiger charge is -2.28. The standard InChI is InChI=1S/C16H27NO2/c1-11(2)17-8-7-16(5,18)15-13(4)9-12(3)10-14(15)19-6/h9-11,17-18H,7-8H2,1-6H3. The molecule has 0 saturated carbocycles. The topological polar surface area (TPSA) is 41.5 Å². The molecule has 1 unspecified atom stereocenters. The Bertz CT molecular complexity index is 425. The van der Waals surface area contributed by atoms with Crippen LogP contribution < -0.4 is 10.1 Å². The lowest BCUT2D eigenvalue weighted by molar-refractivity contribution is 0.0444. The average Bonchev–Trinajstić information content (AvgIpc) is 2.26. The van der Waals surface area contributed by atoms with Crippen molar-refractivity contribution in [2.24, 2.45) is 0 Å². The Hall–Kier alpha value is -1.06. The Labute approximate surface area is 117 Å². The maximum Gasteiger partial charge on any atom is 0.125 e. The number of rotatable bonds is 6. The fourth-order valence-electron chi connectivity index (χ4n) is 2.51. The summed E-state index contributed by atoms with van der Waals surface area (Å²) in [6, 6.07) is 4.49. The molecule has 0 aliphatic heterocycles. The maximum atomic E-state index is 10.8. The lowest BCUT2D eigenvalue weighted by Crippen LogP contribution is -2.32. The Balaban J connectivity index is 2.99. The highest BCUT2D eigenvalue weighted by atomic mass is 16.5. The minimum atomic E-state index is -0.884. The van der Waals surface area contributed by atoms with E-state index in [0.717, 1.165) is 29.0 Å². The van der Waals surface area contributed by atoms with Gasteiger partial charge in [-0.2, -0.15) is 0 Å². The normalized spacial score (nSPS) is 14.5. The smallest absolute Gasteiger partial charge is 0.125 e. The molecule has 0 heterocycles. The van der Waals surface area contributed by atoms with Crippen LogP contribution in [0.25, 0.3) is 0 Å². The summed E-state index contributed by atoms with van der Waals surface area (Å²) in [5, 5.41) is 14.1. The molecule has 0 spiro atoms. The number of ether oxygens (including phenoxy) is 1. The van der Waals surface area contributed by atoms with Crippen molar-refractivity contribution in [3.8, 4) is 5.75 Å². The van der Waals surface area contributed by atoms with Gasteiger partial charge in [-0.25, -0.2) is 0 Å². The van der Waals surface area contributed by atoms with E-state index in [1.165, 1.54) is 0 Å². The predicted octanol–water partition coefficient (Wildman–Crippen LogP) is 2.91. The zero-order chi connectivity index (χ0) is 14.6. The van der Waals surface area contributed by atoms with E-state index >= 15 is 0 Å². The van der Waals surface area contributed by atoms with Gasteiger partial charge in [0, 0.05) is 11.6 Å². The van der Waals surface area contributed by atoms with Gasteiger partial charge in [0.1, 0.15) is 5.75 Å². The van der Waals surface area contributed by atoms with Crippen molar-refractivity contribution in [3.63, 3.8) is 0 Å². The minimum absolute atomic E-state index is 0.428. The molecular formula is C16H27NO2. The Morgan fingerprint density at radius 2 is 1.95 bits per heavy atom. The summed E-state index contributed by atoms with van der Waals surface area (Å²) in [5.74, 6) is 0.770. The largest absolute Gasteiger partial charge is 0.496 e. The number of methoxy groups -OCH3 is 1. The van der Waals surface area contributed by atoms with Gasteiger partial charge in [0.25, 0.3) is 0 Å². The van der Waals surface area contributed by atoms with Crippen LogP contribution >= 0.6 is 0 Å². The Morgan fingerprint density at radius 1 is 1.32 bits per heavy atom. The van der Waals surface area contributed by atoms with Crippen molar-refractivity contribution in [1.29, 1.82) is 0 Å². The second-order valence-electron chi connectivity index (χ2n) is 5.79. The molecule has 1 atom stereocenters. The molecule has 0 radical (unpaired) electrons. The van der Waals surface area contributed by atoms with Crippen LogP contribution in [0.15, 0.2) is 12.1 Å². The van der Waals surface area contributed by atoms with E-state index in [1.54, 1.807) is 7.11 Å². The van der Waals surface area contributed by atoms with Gasteiger partial charge in [0.2, 0.25) is 0 Å². The molecule has 2 N–H and O–H groups in total. The van der Waals surface area contributed by atoms with Crippen molar-refractivity contribution < 1.29 is 9.84 Å². The van der Waals surface area contributed by atoms with E-state index in [9.17, 15) is 5.11 Å². The van der Waals surface area contributed by atoms with Gasteiger partial charge in [-0.05, 0) is 50.9 Å². The molecule has 108 valence electrons. The summed E-state index contributed by atoms with van der Waals surface area (Å²) in [6.07, 6.45) is 0.658. The molecule has 19 heavy (non-hydrogen) atoms. The summed E-state index contributed by atoms with van der Waals surface area (Å²) in [5.41, 5.74) is 2.23. The molecule has 1 aromatic carbocycles. The third-order valence-corrected chi connectivity index (χ3v) is 3.37. The molecule has 1 rings (SSSR count). The number of aryl methyl sites for hydroxylation is 2. The van der Waals surface area contributed by atoms with Crippen molar-refractivity contribution in [2.45, 2.75) is 52.7 Å². The van der Waals surface area contributed by atoms with Crippen LogP contribution in [0.2, 0.25) is 0 Å². The summed E-state index contributed by atoms with van der Waals surface area (Å²) < 4.78 is 5.44. The molecule has 0 aliphatic rings. The monoisotopic (exact) mass is 265 g/mol.